The van der Waals surface area contributed by atoms with Gasteiger partial charge in [0.15, 0.2) is 17.3 Å². The second kappa shape index (κ2) is 10.7. The first-order valence-electron chi connectivity index (χ1n) is 10.9. The third-order valence-corrected chi connectivity index (χ3v) is 5.35. The monoisotopic (exact) mass is 463 g/mol. The van der Waals surface area contributed by atoms with Gasteiger partial charge in [-0.3, -0.25) is 9.89 Å². The minimum Gasteiger partial charge on any atom is -0.493 e. The molecule has 7 nitrogen and oxygen atoms in total. The molecule has 0 bridgehead atoms. The summed E-state index contributed by atoms with van der Waals surface area (Å²) in [5.74, 6) is 1.54. The summed E-state index contributed by atoms with van der Waals surface area (Å²) in [5, 5.41) is 7.23. The number of para-hydroxylation sites is 2. The Morgan fingerprint density at radius 1 is 1.09 bits per heavy atom. The fraction of sp³-hybridized carbons (Fsp3) is 0.231. The largest absolute Gasteiger partial charge is 0.493 e. The van der Waals surface area contributed by atoms with Crippen LogP contribution < -0.4 is 9.47 Å². The molecule has 0 aliphatic rings. The molecule has 0 fully saturated rings. The lowest BCUT2D eigenvalue weighted by atomic mass is 10.1. The predicted molar refractivity (Wildman–Crippen MR) is 125 cm³/mol. The van der Waals surface area contributed by atoms with Crippen molar-refractivity contribution in [1.29, 1.82) is 0 Å². The molecule has 0 saturated heterocycles. The van der Waals surface area contributed by atoms with E-state index in [9.17, 15) is 9.18 Å². The second-order valence-corrected chi connectivity index (χ2v) is 7.82. The van der Waals surface area contributed by atoms with Crippen molar-refractivity contribution in [2.45, 2.75) is 19.4 Å². The van der Waals surface area contributed by atoms with Crippen LogP contribution in [0.15, 0.2) is 71.1 Å². The number of H-pyrrole nitrogens is 1. The van der Waals surface area contributed by atoms with Gasteiger partial charge in [0.05, 0.1) is 12.8 Å². The van der Waals surface area contributed by atoms with Crippen molar-refractivity contribution in [2.24, 2.45) is 0 Å². The third-order valence-electron chi connectivity index (χ3n) is 5.35. The van der Waals surface area contributed by atoms with Crippen molar-refractivity contribution in [3.8, 4) is 22.8 Å². The lowest BCUT2D eigenvalue weighted by Gasteiger charge is -2.15. The minimum atomic E-state index is -0.297. The van der Waals surface area contributed by atoms with Crippen molar-refractivity contribution < 1.29 is 23.1 Å². The molecular weight excluding hydrogens is 437 g/mol. The molecule has 2 aromatic heterocycles. The first-order chi connectivity index (χ1) is 16.5. The predicted octanol–water partition coefficient (Wildman–Crippen LogP) is 5.10. The molecule has 34 heavy (non-hydrogen) atoms. The average molecular weight is 464 g/mol. The van der Waals surface area contributed by atoms with Gasteiger partial charge in [-0.2, -0.15) is 5.10 Å². The first-order valence-corrected chi connectivity index (χ1v) is 10.9. The zero-order valence-corrected chi connectivity index (χ0v) is 19.1. The number of hydrogen-bond donors (Lipinski definition) is 1. The van der Waals surface area contributed by atoms with E-state index in [1.807, 2.05) is 36.4 Å². The van der Waals surface area contributed by atoms with Crippen LogP contribution in [0.1, 0.15) is 28.4 Å². The highest BCUT2D eigenvalue weighted by Crippen LogP contribution is 2.27. The highest BCUT2D eigenvalue weighted by atomic mass is 19.1. The number of hydrogen-bond acceptors (Lipinski definition) is 5. The fourth-order valence-corrected chi connectivity index (χ4v) is 3.54. The third kappa shape index (κ3) is 5.64. The molecule has 4 rings (SSSR count). The molecule has 0 atom stereocenters. The number of benzene rings is 2. The van der Waals surface area contributed by atoms with E-state index in [2.05, 4.69) is 10.2 Å². The lowest BCUT2D eigenvalue weighted by Crippen LogP contribution is -2.27. The van der Waals surface area contributed by atoms with Gasteiger partial charge >= 0.3 is 0 Å². The molecule has 0 unspecified atom stereocenters. The van der Waals surface area contributed by atoms with Crippen LogP contribution in [0.5, 0.6) is 11.5 Å². The van der Waals surface area contributed by atoms with E-state index in [0.29, 0.717) is 35.9 Å². The van der Waals surface area contributed by atoms with Gasteiger partial charge in [-0.05, 0) is 55.3 Å². The Morgan fingerprint density at radius 3 is 2.71 bits per heavy atom. The molecule has 2 aromatic carbocycles. The number of nitrogens with zero attached hydrogens (tertiary/aromatic N) is 2. The molecule has 1 amide bonds. The number of aromatic nitrogens is 2. The topological polar surface area (TPSA) is 80.6 Å². The zero-order valence-electron chi connectivity index (χ0n) is 19.1. The van der Waals surface area contributed by atoms with Crippen molar-refractivity contribution >= 4 is 5.91 Å². The van der Waals surface area contributed by atoms with Gasteiger partial charge in [-0.1, -0.05) is 24.3 Å². The number of amides is 1. The van der Waals surface area contributed by atoms with E-state index in [0.717, 1.165) is 17.7 Å². The van der Waals surface area contributed by atoms with E-state index in [-0.39, 0.29) is 24.1 Å². The summed E-state index contributed by atoms with van der Waals surface area (Å²) < 4.78 is 30.1. The normalized spacial score (nSPS) is 10.8. The van der Waals surface area contributed by atoms with Crippen LogP contribution in [-0.2, 0) is 13.0 Å². The van der Waals surface area contributed by atoms with E-state index in [4.69, 9.17) is 13.9 Å². The molecule has 0 aliphatic heterocycles. The quantitative estimate of drug-likeness (QED) is 0.354. The summed E-state index contributed by atoms with van der Waals surface area (Å²) in [6.07, 6.45) is 1.44. The fourth-order valence-electron chi connectivity index (χ4n) is 3.54. The number of carbonyl (C=O) groups is 1. The highest BCUT2D eigenvalue weighted by Gasteiger charge is 2.16. The smallest absolute Gasteiger partial charge is 0.289 e. The Morgan fingerprint density at radius 2 is 1.91 bits per heavy atom. The number of furan rings is 1. The van der Waals surface area contributed by atoms with Gasteiger partial charge in [0.1, 0.15) is 18.2 Å². The molecule has 0 radical (unpaired) electrons. The van der Waals surface area contributed by atoms with E-state index in [1.165, 1.54) is 12.1 Å². The SMILES string of the molecule is COc1ccccc1OCc1ccc(C(=O)N(C)CCCc2cc(-c3cccc(F)c3)n[nH]2)o1. The summed E-state index contributed by atoms with van der Waals surface area (Å²) in [7, 11) is 3.32. The Labute approximate surface area is 197 Å². The number of halogens is 1. The van der Waals surface area contributed by atoms with Crippen molar-refractivity contribution in [1.82, 2.24) is 15.1 Å². The molecule has 8 heteroatoms. The number of methoxy groups -OCH3 is 1. The highest BCUT2D eigenvalue weighted by molar-refractivity contribution is 5.91. The minimum absolute atomic E-state index is 0.185. The van der Waals surface area contributed by atoms with Gasteiger partial charge < -0.3 is 18.8 Å². The van der Waals surface area contributed by atoms with Crippen molar-refractivity contribution in [3.63, 3.8) is 0 Å². The lowest BCUT2D eigenvalue weighted by molar-refractivity contribution is 0.0757. The van der Waals surface area contributed by atoms with Crippen LogP contribution >= 0.6 is 0 Å². The summed E-state index contributed by atoms with van der Waals surface area (Å²) >= 11 is 0. The number of aryl methyl sites for hydroxylation is 1. The zero-order chi connectivity index (χ0) is 23.9. The standard InChI is InChI=1S/C26H26FN3O4/c1-30(14-6-9-20-16-22(29-28-20)18-7-5-8-19(27)15-18)26(31)25-13-12-21(34-25)17-33-24-11-4-3-10-23(24)32-2/h3-5,7-8,10-13,15-16H,6,9,14,17H2,1-2H3,(H,28,29). The van der Waals surface area contributed by atoms with Gasteiger partial charge in [0, 0.05) is 24.8 Å². The summed E-state index contributed by atoms with van der Waals surface area (Å²) in [5.41, 5.74) is 2.34. The first kappa shape index (κ1) is 23.1. The molecular formula is C26H26FN3O4. The Bertz CT molecular complexity index is 1250. The summed E-state index contributed by atoms with van der Waals surface area (Å²) in [6.45, 7) is 0.728. The Kier molecular flexibility index (Phi) is 7.27. The molecule has 176 valence electrons. The van der Waals surface area contributed by atoms with Crippen LogP contribution in [0.4, 0.5) is 4.39 Å². The Balaban J connectivity index is 1.26. The van der Waals surface area contributed by atoms with Gasteiger partial charge in [-0.15, -0.1) is 0 Å². The maximum atomic E-state index is 13.4. The number of carbonyl (C=O) groups excluding carboxylic acids is 1. The number of ether oxygens (including phenoxy) is 2. The van der Waals surface area contributed by atoms with Crippen LogP contribution in [0.2, 0.25) is 0 Å². The summed E-state index contributed by atoms with van der Waals surface area (Å²) in [6, 6.07) is 18.9. The van der Waals surface area contributed by atoms with Crippen molar-refractivity contribution in [3.05, 3.63) is 89.8 Å². The second-order valence-electron chi connectivity index (χ2n) is 7.82. The summed E-state index contributed by atoms with van der Waals surface area (Å²) in [4.78, 5) is 14.3. The maximum absolute atomic E-state index is 13.4. The van der Waals surface area contributed by atoms with Gasteiger partial charge in [0.25, 0.3) is 5.91 Å². The number of rotatable bonds is 10. The van der Waals surface area contributed by atoms with E-state index >= 15 is 0 Å². The molecule has 0 aliphatic carbocycles. The van der Waals surface area contributed by atoms with Crippen LogP contribution in [0.3, 0.4) is 0 Å². The number of aromatic amines is 1. The maximum Gasteiger partial charge on any atom is 0.289 e. The Hall–Kier alpha value is -4.07. The molecule has 0 spiro atoms. The van der Waals surface area contributed by atoms with Crippen LogP contribution in [0, 0.1) is 5.82 Å². The molecule has 0 saturated carbocycles. The number of nitrogens with one attached hydrogen (secondary N) is 1. The van der Waals surface area contributed by atoms with Crippen LogP contribution in [0.25, 0.3) is 11.3 Å². The molecule has 2 heterocycles. The van der Waals surface area contributed by atoms with Crippen molar-refractivity contribution in [2.75, 3.05) is 20.7 Å². The van der Waals surface area contributed by atoms with E-state index < -0.39 is 0 Å². The molecule has 1 N–H and O–H groups in total. The molecule has 4 aromatic rings. The van der Waals surface area contributed by atoms with E-state index in [1.54, 1.807) is 37.3 Å². The van der Waals surface area contributed by atoms with Gasteiger partial charge in [-0.25, -0.2) is 4.39 Å². The average Bonchev–Trinajstić information content (AvgIpc) is 3.52. The van der Waals surface area contributed by atoms with Crippen LogP contribution in [-0.4, -0.2) is 41.7 Å². The van der Waals surface area contributed by atoms with Gasteiger partial charge in [0.2, 0.25) is 0 Å².